The van der Waals surface area contributed by atoms with E-state index < -0.39 is 0 Å². The second-order valence-electron chi connectivity index (χ2n) is 4.73. The van der Waals surface area contributed by atoms with E-state index in [0.717, 1.165) is 23.7 Å². The molecule has 0 aromatic carbocycles. The van der Waals surface area contributed by atoms with E-state index in [0.29, 0.717) is 5.90 Å². The molecule has 0 amide bonds. The lowest BCUT2D eigenvalue weighted by molar-refractivity contribution is -0.672. The van der Waals surface area contributed by atoms with Gasteiger partial charge in [-0.05, 0) is 31.6 Å². The molecule has 0 fully saturated rings. The van der Waals surface area contributed by atoms with E-state index in [1.165, 1.54) is 0 Å². The second kappa shape index (κ2) is 8.87. The molecule has 0 spiro atoms. The summed E-state index contributed by atoms with van der Waals surface area (Å²) in [6, 6.07) is 0. The fourth-order valence-corrected chi connectivity index (χ4v) is 1.98. The van der Waals surface area contributed by atoms with Crippen LogP contribution in [0.4, 0.5) is 0 Å². The maximum atomic E-state index is 5.46. The van der Waals surface area contributed by atoms with Gasteiger partial charge in [0, 0.05) is 0 Å². The first-order valence-corrected chi connectivity index (χ1v) is 7.29. The van der Waals surface area contributed by atoms with Gasteiger partial charge < -0.3 is 9.47 Å². The van der Waals surface area contributed by atoms with Crippen LogP contribution in [0.3, 0.4) is 0 Å². The zero-order valence-electron chi connectivity index (χ0n) is 14.3. The van der Waals surface area contributed by atoms with Crippen LogP contribution in [0.5, 0.6) is 0 Å². The summed E-state index contributed by atoms with van der Waals surface area (Å²) < 4.78 is 14.7. The number of imidazole rings is 1. The van der Waals surface area contributed by atoms with E-state index in [1.54, 1.807) is 14.2 Å². The summed E-state index contributed by atoms with van der Waals surface area (Å²) in [5, 5.41) is 0. The normalized spacial score (nSPS) is 13.8. The number of nitrogens with zero attached hydrogens (tertiary/aromatic N) is 3. The van der Waals surface area contributed by atoms with E-state index in [2.05, 4.69) is 11.9 Å². The van der Waals surface area contributed by atoms with Crippen molar-refractivity contribution in [2.24, 2.45) is 19.1 Å². The van der Waals surface area contributed by atoms with Gasteiger partial charge in [-0.25, -0.2) is 14.1 Å². The van der Waals surface area contributed by atoms with Crippen molar-refractivity contribution in [2.75, 3.05) is 14.2 Å². The van der Waals surface area contributed by atoms with Crippen LogP contribution in [-0.2, 0) is 23.6 Å². The predicted molar refractivity (Wildman–Crippen MR) is 88.4 cm³/mol. The minimum absolute atomic E-state index is 0.561. The van der Waals surface area contributed by atoms with Gasteiger partial charge in [-0.3, -0.25) is 0 Å². The van der Waals surface area contributed by atoms with Gasteiger partial charge in [0.1, 0.15) is 18.2 Å². The topological polar surface area (TPSA) is 39.6 Å². The molecule has 0 atom stereocenters. The second-order valence-corrected chi connectivity index (χ2v) is 4.73. The van der Waals surface area contributed by atoms with Crippen LogP contribution in [-0.4, -0.2) is 24.7 Å². The first-order valence-electron chi connectivity index (χ1n) is 7.29. The number of hydrogen-bond donors (Lipinski definition) is 0. The molecule has 22 heavy (non-hydrogen) atoms. The van der Waals surface area contributed by atoms with Crippen molar-refractivity contribution in [3.8, 4) is 0 Å². The molecular formula is C17H26N3O2+. The van der Waals surface area contributed by atoms with Crippen molar-refractivity contribution < 1.29 is 14.0 Å². The first-order chi connectivity index (χ1) is 10.6. The number of aryl methyl sites for hydroxylation is 2. The number of methoxy groups -OCH3 is 2. The molecular weight excluding hydrogens is 278 g/mol. The van der Waals surface area contributed by atoms with Gasteiger partial charge in [-0.2, -0.15) is 0 Å². The average Bonchev–Trinajstić information content (AvgIpc) is 2.85. The largest absolute Gasteiger partial charge is 0.497 e. The quantitative estimate of drug-likeness (QED) is 0.266. The van der Waals surface area contributed by atoms with Crippen molar-refractivity contribution in [1.82, 2.24) is 4.57 Å². The Hall–Kier alpha value is -2.30. The maximum absolute atomic E-state index is 5.46. The highest BCUT2D eigenvalue weighted by Crippen LogP contribution is 2.08. The SMILES string of the molecule is C\C=C(/C=C/C(=C/CC)OC)N=C(OC)c1n(C)cc[n+]1C. The predicted octanol–water partition coefficient (Wildman–Crippen LogP) is 2.64. The van der Waals surface area contributed by atoms with Crippen LogP contribution < -0.4 is 4.57 Å². The molecule has 0 saturated carbocycles. The highest BCUT2D eigenvalue weighted by molar-refractivity contribution is 5.90. The maximum Gasteiger partial charge on any atom is 0.344 e. The highest BCUT2D eigenvalue weighted by atomic mass is 16.5. The average molecular weight is 304 g/mol. The van der Waals surface area contributed by atoms with E-state index in [9.17, 15) is 0 Å². The molecule has 120 valence electrons. The van der Waals surface area contributed by atoms with Gasteiger partial charge in [0.2, 0.25) is 0 Å². The molecule has 1 rings (SSSR count). The van der Waals surface area contributed by atoms with Crippen LogP contribution in [0.2, 0.25) is 0 Å². The van der Waals surface area contributed by atoms with Crippen molar-refractivity contribution in [1.29, 1.82) is 0 Å². The van der Waals surface area contributed by atoms with Gasteiger partial charge in [-0.15, -0.1) is 0 Å². The zero-order chi connectivity index (χ0) is 16.5. The number of allylic oxidation sites excluding steroid dienone is 4. The standard InChI is InChI=1S/C17H26N3O2/c1-7-9-15(21-5)11-10-14(8-2)18-16(22-6)17-19(3)12-13-20(17)4/h8-13H,7H2,1-6H3/q+1/b11-10+,14-8+,15-9-,18-16?. The van der Waals surface area contributed by atoms with Gasteiger partial charge >= 0.3 is 11.7 Å². The number of ether oxygens (including phenoxy) is 2. The molecule has 1 aromatic heterocycles. The minimum atomic E-state index is 0.561. The van der Waals surface area contributed by atoms with E-state index >= 15 is 0 Å². The molecule has 5 nitrogen and oxygen atoms in total. The van der Waals surface area contributed by atoms with Gasteiger partial charge in [0.15, 0.2) is 0 Å². The van der Waals surface area contributed by atoms with Crippen LogP contribution in [0.1, 0.15) is 26.1 Å². The van der Waals surface area contributed by atoms with Crippen molar-refractivity contribution in [2.45, 2.75) is 20.3 Å². The Balaban J connectivity index is 3.10. The van der Waals surface area contributed by atoms with Crippen LogP contribution in [0.25, 0.3) is 0 Å². The molecule has 0 N–H and O–H groups in total. The molecule has 0 aliphatic carbocycles. The van der Waals surface area contributed by atoms with Crippen LogP contribution in [0, 0.1) is 0 Å². The Labute approximate surface area is 132 Å². The van der Waals surface area contributed by atoms with E-state index in [4.69, 9.17) is 9.47 Å². The summed E-state index contributed by atoms with van der Waals surface area (Å²) in [7, 11) is 7.21. The molecule has 1 aromatic rings. The Kier molecular flexibility index (Phi) is 7.16. The molecule has 5 heteroatoms. The van der Waals surface area contributed by atoms with Gasteiger partial charge in [0.25, 0.3) is 0 Å². The number of aliphatic imine (C=N–C) groups is 1. The third-order valence-electron chi connectivity index (χ3n) is 3.15. The third-order valence-corrected chi connectivity index (χ3v) is 3.15. The van der Waals surface area contributed by atoms with E-state index in [1.807, 2.05) is 66.9 Å². The summed E-state index contributed by atoms with van der Waals surface area (Å²) in [4.78, 5) is 4.59. The number of rotatable bonds is 6. The molecule has 1 heterocycles. The Bertz CT molecular complexity index is 588. The molecule has 0 aliphatic heterocycles. The zero-order valence-corrected chi connectivity index (χ0v) is 14.3. The monoisotopic (exact) mass is 304 g/mol. The third kappa shape index (κ3) is 4.62. The lowest BCUT2D eigenvalue weighted by Gasteiger charge is -2.03. The van der Waals surface area contributed by atoms with Gasteiger partial charge in [-0.1, -0.05) is 13.0 Å². The molecule has 0 saturated heterocycles. The smallest absolute Gasteiger partial charge is 0.344 e. The Morgan fingerprint density at radius 3 is 2.50 bits per heavy atom. The van der Waals surface area contributed by atoms with Crippen molar-refractivity contribution in [3.63, 3.8) is 0 Å². The summed E-state index contributed by atoms with van der Waals surface area (Å²) in [5.41, 5.74) is 0.803. The summed E-state index contributed by atoms with van der Waals surface area (Å²) in [6.07, 6.45) is 12.6. The van der Waals surface area contributed by atoms with Crippen molar-refractivity contribution >= 4 is 5.90 Å². The number of hydrogen-bond acceptors (Lipinski definition) is 3. The Morgan fingerprint density at radius 2 is 2.05 bits per heavy atom. The fraction of sp³-hybridized carbons (Fsp3) is 0.412. The molecule has 0 radical (unpaired) electrons. The lowest BCUT2D eigenvalue weighted by atomic mass is 10.3. The lowest BCUT2D eigenvalue weighted by Crippen LogP contribution is -2.35. The Morgan fingerprint density at radius 1 is 1.32 bits per heavy atom. The first kappa shape index (κ1) is 17.8. The summed E-state index contributed by atoms with van der Waals surface area (Å²) in [6.45, 7) is 4.01. The summed E-state index contributed by atoms with van der Waals surface area (Å²) >= 11 is 0. The molecule has 0 aliphatic rings. The molecule has 0 unspecified atom stereocenters. The minimum Gasteiger partial charge on any atom is -0.497 e. The number of aromatic nitrogens is 2. The van der Waals surface area contributed by atoms with Crippen LogP contribution in [0.15, 0.2) is 53.1 Å². The van der Waals surface area contributed by atoms with E-state index in [-0.39, 0.29) is 0 Å². The fourth-order valence-electron chi connectivity index (χ4n) is 1.98. The van der Waals surface area contributed by atoms with Crippen LogP contribution >= 0.6 is 0 Å². The van der Waals surface area contributed by atoms with Gasteiger partial charge in [0.05, 0.1) is 34.0 Å². The van der Waals surface area contributed by atoms with Crippen molar-refractivity contribution in [3.05, 3.63) is 54.0 Å². The summed E-state index contributed by atoms with van der Waals surface area (Å²) in [5.74, 6) is 2.28. The highest BCUT2D eigenvalue weighted by Gasteiger charge is 2.20. The molecule has 0 bridgehead atoms.